The molecule has 0 saturated heterocycles. The first kappa shape index (κ1) is 12.1. The van der Waals surface area contributed by atoms with Crippen molar-refractivity contribution < 1.29 is 9.90 Å². The normalized spacial score (nSPS) is 10.1. The van der Waals surface area contributed by atoms with Gasteiger partial charge in [0, 0.05) is 11.4 Å². The van der Waals surface area contributed by atoms with Crippen LogP contribution in [0.5, 0.6) is 0 Å². The maximum absolute atomic E-state index is 11.0. The molecule has 0 bridgehead atoms. The van der Waals surface area contributed by atoms with Gasteiger partial charge in [-0.15, -0.1) is 0 Å². The van der Waals surface area contributed by atoms with Crippen LogP contribution in [0.2, 0.25) is 0 Å². The highest BCUT2D eigenvalue weighted by Gasteiger charge is 2.08. The highest BCUT2D eigenvalue weighted by Crippen LogP contribution is 2.15. The molecule has 1 aromatic heterocycles. The van der Waals surface area contributed by atoms with Crippen LogP contribution in [0.15, 0.2) is 42.5 Å². The molecule has 0 aliphatic rings. The lowest BCUT2D eigenvalue weighted by atomic mass is 10.2. The van der Waals surface area contributed by atoms with Gasteiger partial charge in [0.1, 0.15) is 0 Å². The molecule has 1 aromatic carbocycles. The molecular weight excluding hydrogens is 228 g/mol. The van der Waals surface area contributed by atoms with Gasteiger partial charge in [0.15, 0.2) is 0 Å². The predicted molar refractivity (Wildman–Crippen MR) is 69.7 cm³/mol. The molecule has 0 unspecified atom stereocenters. The summed E-state index contributed by atoms with van der Waals surface area (Å²) in [5.41, 5.74) is 2.70. The molecule has 0 amide bonds. The first-order valence-electron chi connectivity index (χ1n) is 5.65. The van der Waals surface area contributed by atoms with Gasteiger partial charge >= 0.3 is 5.97 Å². The number of nitrogens with zero attached hydrogens (tertiary/aromatic N) is 1. The van der Waals surface area contributed by atoms with Crippen molar-refractivity contribution in [3.63, 3.8) is 0 Å². The third kappa shape index (κ3) is 2.85. The quantitative estimate of drug-likeness (QED) is 0.865. The molecule has 18 heavy (non-hydrogen) atoms. The predicted octanol–water partition coefficient (Wildman–Crippen LogP) is 2.70. The summed E-state index contributed by atoms with van der Waals surface area (Å²) in [6, 6.07) is 12.6. The first-order valence-corrected chi connectivity index (χ1v) is 5.65. The van der Waals surface area contributed by atoms with E-state index in [1.54, 1.807) is 24.3 Å². The van der Waals surface area contributed by atoms with Gasteiger partial charge in [0.05, 0.1) is 17.8 Å². The average Bonchev–Trinajstić information content (AvgIpc) is 2.37. The number of aromatic nitrogens is 1. The summed E-state index contributed by atoms with van der Waals surface area (Å²) >= 11 is 0. The number of aryl methyl sites for hydroxylation is 1. The van der Waals surface area contributed by atoms with Gasteiger partial charge in [-0.2, -0.15) is 0 Å². The lowest BCUT2D eigenvalue weighted by molar-refractivity contribution is 0.0698. The van der Waals surface area contributed by atoms with Crippen molar-refractivity contribution in [1.82, 2.24) is 4.98 Å². The second kappa shape index (κ2) is 5.31. The summed E-state index contributed by atoms with van der Waals surface area (Å²) in [5.74, 6) is -0.935. The van der Waals surface area contributed by atoms with Gasteiger partial charge < -0.3 is 10.4 Å². The van der Waals surface area contributed by atoms with Crippen LogP contribution in [0, 0.1) is 6.92 Å². The van der Waals surface area contributed by atoms with E-state index in [-0.39, 0.29) is 5.56 Å². The third-order valence-corrected chi connectivity index (χ3v) is 2.56. The molecule has 0 atom stereocenters. The summed E-state index contributed by atoms with van der Waals surface area (Å²) in [6.07, 6.45) is 0. The van der Waals surface area contributed by atoms with Gasteiger partial charge in [-0.1, -0.05) is 18.2 Å². The van der Waals surface area contributed by atoms with Crippen LogP contribution in [0.3, 0.4) is 0 Å². The van der Waals surface area contributed by atoms with Crippen molar-refractivity contribution in [2.45, 2.75) is 13.5 Å². The zero-order chi connectivity index (χ0) is 13.0. The number of para-hydroxylation sites is 1. The number of carboxylic acid groups (broad SMARTS) is 1. The number of rotatable bonds is 4. The fourth-order valence-electron chi connectivity index (χ4n) is 1.71. The summed E-state index contributed by atoms with van der Waals surface area (Å²) in [6.45, 7) is 2.43. The second-order valence-corrected chi connectivity index (χ2v) is 3.97. The van der Waals surface area contributed by atoms with Crippen molar-refractivity contribution in [2.24, 2.45) is 0 Å². The number of carbonyl (C=O) groups is 1. The van der Waals surface area contributed by atoms with Crippen molar-refractivity contribution in [3.8, 4) is 0 Å². The molecule has 2 rings (SSSR count). The fraction of sp³-hybridized carbons (Fsp3) is 0.143. The van der Waals surface area contributed by atoms with Gasteiger partial charge in [-0.3, -0.25) is 4.98 Å². The number of benzene rings is 1. The van der Waals surface area contributed by atoms with Crippen LogP contribution >= 0.6 is 0 Å². The van der Waals surface area contributed by atoms with Crippen LogP contribution in [0.25, 0.3) is 0 Å². The van der Waals surface area contributed by atoms with Crippen LogP contribution in [-0.4, -0.2) is 16.1 Å². The number of carboxylic acids is 1. The fourth-order valence-corrected chi connectivity index (χ4v) is 1.71. The molecule has 2 aromatic rings. The van der Waals surface area contributed by atoms with Crippen LogP contribution < -0.4 is 5.32 Å². The molecule has 92 valence electrons. The van der Waals surface area contributed by atoms with Crippen molar-refractivity contribution in [1.29, 1.82) is 0 Å². The average molecular weight is 242 g/mol. The number of nitrogens with one attached hydrogen (secondary N) is 1. The molecule has 4 heteroatoms. The Morgan fingerprint density at radius 2 is 2.00 bits per heavy atom. The van der Waals surface area contributed by atoms with E-state index >= 15 is 0 Å². The minimum absolute atomic E-state index is 0.269. The second-order valence-electron chi connectivity index (χ2n) is 3.97. The standard InChI is InChI=1S/C14H14N2O2/c1-10-5-4-6-11(16-10)9-15-13-8-3-2-7-12(13)14(17)18/h2-8,15H,9H2,1H3,(H,17,18). The smallest absolute Gasteiger partial charge is 0.337 e. The number of hydrogen-bond donors (Lipinski definition) is 2. The highest BCUT2D eigenvalue weighted by molar-refractivity contribution is 5.94. The highest BCUT2D eigenvalue weighted by atomic mass is 16.4. The van der Waals surface area contributed by atoms with Crippen molar-refractivity contribution >= 4 is 11.7 Å². The topological polar surface area (TPSA) is 62.2 Å². The summed E-state index contributed by atoms with van der Waals surface area (Å²) < 4.78 is 0. The molecule has 0 saturated carbocycles. The lowest BCUT2D eigenvalue weighted by Crippen LogP contribution is -2.07. The van der Waals surface area contributed by atoms with E-state index in [9.17, 15) is 4.79 Å². The Morgan fingerprint density at radius 3 is 2.72 bits per heavy atom. The Kier molecular flexibility index (Phi) is 3.57. The third-order valence-electron chi connectivity index (χ3n) is 2.56. The van der Waals surface area contributed by atoms with E-state index in [0.717, 1.165) is 11.4 Å². The SMILES string of the molecule is Cc1cccc(CNc2ccccc2C(=O)O)n1. The Hall–Kier alpha value is -2.36. The van der Waals surface area contributed by atoms with Gasteiger partial charge in [0.2, 0.25) is 0 Å². The van der Waals surface area contributed by atoms with E-state index in [4.69, 9.17) is 5.11 Å². The van der Waals surface area contributed by atoms with Gasteiger partial charge in [-0.25, -0.2) is 4.79 Å². The van der Waals surface area contributed by atoms with Gasteiger partial charge in [0.25, 0.3) is 0 Å². The summed E-state index contributed by atoms with van der Waals surface area (Å²) in [5, 5.41) is 12.1. The van der Waals surface area contributed by atoms with Crippen LogP contribution in [-0.2, 0) is 6.54 Å². The number of pyridine rings is 1. The maximum atomic E-state index is 11.0. The first-order chi connectivity index (χ1) is 8.66. The van der Waals surface area contributed by atoms with E-state index in [1.165, 1.54) is 0 Å². The Balaban J connectivity index is 2.13. The van der Waals surface area contributed by atoms with Crippen molar-refractivity contribution in [3.05, 3.63) is 59.4 Å². The van der Waals surface area contributed by atoms with E-state index < -0.39 is 5.97 Å². The zero-order valence-electron chi connectivity index (χ0n) is 10.1. The van der Waals surface area contributed by atoms with Crippen molar-refractivity contribution in [2.75, 3.05) is 5.32 Å². The molecule has 0 aliphatic heterocycles. The number of aromatic carboxylic acids is 1. The molecule has 1 heterocycles. The Labute approximate surface area is 105 Å². The minimum atomic E-state index is -0.935. The molecular formula is C14H14N2O2. The van der Waals surface area contributed by atoms with E-state index in [2.05, 4.69) is 10.3 Å². The molecule has 0 aliphatic carbocycles. The maximum Gasteiger partial charge on any atom is 0.337 e. The largest absolute Gasteiger partial charge is 0.478 e. The minimum Gasteiger partial charge on any atom is -0.478 e. The number of anilines is 1. The molecule has 0 fully saturated rings. The Bertz CT molecular complexity index is 567. The molecule has 2 N–H and O–H groups in total. The van der Waals surface area contributed by atoms with Gasteiger partial charge in [-0.05, 0) is 31.2 Å². The van der Waals surface area contributed by atoms with Crippen LogP contribution in [0.4, 0.5) is 5.69 Å². The monoisotopic (exact) mass is 242 g/mol. The molecule has 4 nitrogen and oxygen atoms in total. The number of hydrogen-bond acceptors (Lipinski definition) is 3. The summed E-state index contributed by atoms with van der Waals surface area (Å²) in [4.78, 5) is 15.4. The lowest BCUT2D eigenvalue weighted by Gasteiger charge is -2.09. The summed E-state index contributed by atoms with van der Waals surface area (Å²) in [7, 11) is 0. The van der Waals surface area contributed by atoms with Crippen LogP contribution in [0.1, 0.15) is 21.7 Å². The molecule has 0 spiro atoms. The van der Waals surface area contributed by atoms with E-state index in [1.807, 2.05) is 25.1 Å². The van der Waals surface area contributed by atoms with E-state index in [0.29, 0.717) is 12.2 Å². The Morgan fingerprint density at radius 1 is 1.22 bits per heavy atom. The zero-order valence-corrected chi connectivity index (χ0v) is 10.1. The molecule has 0 radical (unpaired) electrons.